The zero-order valence-electron chi connectivity index (χ0n) is 24.2. The van der Waals surface area contributed by atoms with Gasteiger partial charge in [0.25, 0.3) is 0 Å². The summed E-state index contributed by atoms with van der Waals surface area (Å²) < 4.78 is 54.2. The quantitative estimate of drug-likeness (QED) is 0.265. The number of allylic oxidation sites excluding steroid dienone is 1. The summed E-state index contributed by atoms with van der Waals surface area (Å²) in [5.74, 6) is 0.618. The van der Waals surface area contributed by atoms with E-state index in [0.29, 0.717) is 59.5 Å². The van der Waals surface area contributed by atoms with Gasteiger partial charge in [-0.15, -0.1) is 0 Å². The van der Waals surface area contributed by atoms with Gasteiger partial charge in [0.15, 0.2) is 11.6 Å². The first-order valence-electron chi connectivity index (χ1n) is 14.2. The van der Waals surface area contributed by atoms with E-state index in [0.717, 1.165) is 17.6 Å². The summed E-state index contributed by atoms with van der Waals surface area (Å²) in [5.41, 5.74) is 2.50. The monoisotopic (exact) mass is 591 g/mol. The second-order valence-electron chi connectivity index (χ2n) is 12.1. The van der Waals surface area contributed by atoms with Crippen LogP contribution in [0.4, 0.5) is 18.0 Å². The zero-order valence-corrected chi connectivity index (χ0v) is 24.2. The van der Waals surface area contributed by atoms with Gasteiger partial charge in [0.2, 0.25) is 0 Å². The van der Waals surface area contributed by atoms with Gasteiger partial charge in [-0.05, 0) is 81.4 Å². The second-order valence-corrected chi connectivity index (χ2v) is 12.1. The molecular weight excluding hydrogens is 559 g/mol. The van der Waals surface area contributed by atoms with Gasteiger partial charge in [0.05, 0.1) is 12.1 Å². The van der Waals surface area contributed by atoms with E-state index in [9.17, 15) is 13.6 Å². The van der Waals surface area contributed by atoms with Crippen molar-refractivity contribution in [2.24, 2.45) is 0 Å². The average molecular weight is 592 g/mol. The minimum atomic E-state index is -2.99. The van der Waals surface area contributed by atoms with Crippen molar-refractivity contribution in [3.63, 3.8) is 0 Å². The Bertz CT molecular complexity index is 1720. The van der Waals surface area contributed by atoms with Crippen molar-refractivity contribution in [3.05, 3.63) is 77.9 Å². The molecule has 0 atom stereocenters. The highest BCUT2D eigenvalue weighted by molar-refractivity contribution is 5.84. The molecule has 11 heteroatoms. The van der Waals surface area contributed by atoms with Crippen LogP contribution >= 0.6 is 0 Å². The number of rotatable bonds is 5. The molecule has 1 saturated carbocycles. The van der Waals surface area contributed by atoms with Crippen molar-refractivity contribution in [2.75, 3.05) is 0 Å². The van der Waals surface area contributed by atoms with Crippen LogP contribution in [0.15, 0.2) is 49.3 Å². The number of carbonyl (C=O) groups excluding carboxylic acids is 1. The van der Waals surface area contributed by atoms with Crippen LogP contribution in [-0.4, -0.2) is 37.8 Å². The highest BCUT2D eigenvalue weighted by Gasteiger charge is 2.43. The molecule has 0 unspecified atom stereocenters. The number of imidazole rings is 1. The number of aryl methyl sites for hydroxylation is 1. The molecule has 1 amide bonds. The van der Waals surface area contributed by atoms with Crippen LogP contribution in [0.1, 0.15) is 69.2 Å². The molecule has 1 fully saturated rings. The zero-order chi connectivity index (χ0) is 30.5. The molecule has 8 nitrogen and oxygen atoms in total. The molecule has 0 radical (unpaired) electrons. The van der Waals surface area contributed by atoms with Crippen LogP contribution in [0.3, 0.4) is 0 Å². The molecule has 1 aliphatic carbocycles. The lowest BCUT2D eigenvalue weighted by molar-refractivity contribution is -0.0505. The van der Waals surface area contributed by atoms with E-state index in [2.05, 4.69) is 26.8 Å². The van der Waals surface area contributed by atoms with E-state index in [-0.39, 0.29) is 17.8 Å². The summed E-state index contributed by atoms with van der Waals surface area (Å²) in [5, 5.41) is 2.94. The molecule has 1 aliphatic heterocycles. The summed E-state index contributed by atoms with van der Waals surface area (Å²) in [6, 6.07) is 8.18. The Morgan fingerprint density at radius 2 is 1.86 bits per heavy atom. The summed E-state index contributed by atoms with van der Waals surface area (Å²) >= 11 is 0. The van der Waals surface area contributed by atoms with E-state index in [4.69, 9.17) is 9.47 Å². The van der Waals surface area contributed by atoms with Crippen LogP contribution in [0.25, 0.3) is 27.7 Å². The van der Waals surface area contributed by atoms with Crippen LogP contribution in [0, 0.1) is 5.82 Å². The maximum absolute atomic E-state index is 15.5. The Balaban J connectivity index is 1.35. The molecule has 4 aromatic rings. The van der Waals surface area contributed by atoms with Crippen LogP contribution < -0.4 is 10.1 Å². The fourth-order valence-electron chi connectivity index (χ4n) is 5.74. The third-order valence-electron chi connectivity index (χ3n) is 7.94. The predicted molar refractivity (Wildman–Crippen MR) is 155 cm³/mol. The molecule has 0 bridgehead atoms. The van der Waals surface area contributed by atoms with Crippen LogP contribution in [0.5, 0.6) is 5.75 Å². The number of fused-ring (bicyclic) bond motifs is 4. The normalized spacial score (nSPS) is 16.1. The number of benzene rings is 2. The molecule has 2 aliphatic rings. The van der Waals surface area contributed by atoms with Gasteiger partial charge in [-0.1, -0.05) is 18.7 Å². The minimum absolute atomic E-state index is 0.0499. The molecule has 6 rings (SSSR count). The number of alkyl halides is 2. The first kappa shape index (κ1) is 28.7. The first-order chi connectivity index (χ1) is 20.4. The Kier molecular flexibility index (Phi) is 7.14. The maximum Gasteiger partial charge on any atom is 0.408 e. The van der Waals surface area contributed by atoms with E-state index >= 15 is 4.39 Å². The molecule has 2 aromatic heterocycles. The number of nitrogens with zero attached hydrogens (tertiary/aromatic N) is 4. The third kappa shape index (κ3) is 5.55. The fourth-order valence-corrected chi connectivity index (χ4v) is 5.74. The van der Waals surface area contributed by atoms with E-state index < -0.39 is 29.7 Å². The maximum atomic E-state index is 15.5. The van der Waals surface area contributed by atoms with Crippen molar-refractivity contribution in [1.29, 1.82) is 0 Å². The summed E-state index contributed by atoms with van der Waals surface area (Å²) in [4.78, 5) is 26.2. The topological polar surface area (TPSA) is 91.2 Å². The van der Waals surface area contributed by atoms with Crippen molar-refractivity contribution in [2.45, 2.75) is 77.2 Å². The summed E-state index contributed by atoms with van der Waals surface area (Å²) in [7, 11) is 0. The largest absolute Gasteiger partial charge is 0.444 e. The number of halogens is 3. The fraction of sp³-hybridized carbons (Fsp3) is 0.375. The van der Waals surface area contributed by atoms with E-state index in [1.807, 2.05) is 10.6 Å². The van der Waals surface area contributed by atoms with Gasteiger partial charge in [-0.2, -0.15) is 8.78 Å². The Morgan fingerprint density at radius 1 is 1.12 bits per heavy atom. The molecule has 0 saturated heterocycles. The lowest BCUT2D eigenvalue weighted by atomic mass is 9.76. The smallest absolute Gasteiger partial charge is 0.408 e. The minimum Gasteiger partial charge on any atom is -0.444 e. The lowest BCUT2D eigenvalue weighted by Gasteiger charge is -2.41. The van der Waals surface area contributed by atoms with Crippen LogP contribution in [-0.2, 0) is 23.2 Å². The summed E-state index contributed by atoms with van der Waals surface area (Å²) in [6.07, 6.45) is 5.99. The molecule has 0 spiro atoms. The number of hydrogen-bond acceptors (Lipinski definition) is 6. The van der Waals surface area contributed by atoms with Gasteiger partial charge in [-0.25, -0.2) is 24.1 Å². The molecular formula is C32H32F3N5O3. The Morgan fingerprint density at radius 3 is 2.51 bits per heavy atom. The van der Waals surface area contributed by atoms with Gasteiger partial charge in [0.1, 0.15) is 28.2 Å². The average Bonchev–Trinajstić information content (AvgIpc) is 3.25. The van der Waals surface area contributed by atoms with Gasteiger partial charge in [-0.3, -0.25) is 0 Å². The number of amides is 1. The number of hydrogen-bond donors (Lipinski definition) is 1. The standard InChI is InChI=1S/C32H32F3N5O3/c1-18-9-10-26-38-27-23(33)13-19(14-24(27)40(26)17-22-21(18)7-5-8-25(22)42-29(34)35)20-15-36-28(37-16-20)32(11-6-12-32)39-30(41)43-31(2,3)4/h5,7-8,13-16,29H,1,6,9-12,17H2,2-4H3,(H,39,41). The SMILES string of the molecule is C=C1CCc2nc3c(F)cc(-c4cnc(C5(NC(=O)OC(C)(C)C)CCC5)nc4)cc3n2Cc2c(OC(F)F)cccc21. The number of alkyl carbamates (subject to hydrolysis) is 1. The van der Waals surface area contributed by atoms with Crippen molar-refractivity contribution >= 4 is 22.7 Å². The summed E-state index contributed by atoms with van der Waals surface area (Å²) in [6.45, 7) is 6.70. The van der Waals surface area contributed by atoms with Crippen molar-refractivity contribution < 1.29 is 27.4 Å². The molecule has 1 N–H and O–H groups in total. The molecule has 43 heavy (non-hydrogen) atoms. The Hall–Kier alpha value is -4.41. The van der Waals surface area contributed by atoms with Gasteiger partial charge < -0.3 is 19.4 Å². The number of carbonyl (C=O) groups is 1. The molecule has 2 aromatic carbocycles. The Labute approximate surface area is 247 Å². The highest BCUT2D eigenvalue weighted by atomic mass is 19.3. The number of nitrogens with one attached hydrogen (secondary N) is 1. The van der Waals surface area contributed by atoms with Gasteiger partial charge in [0, 0.05) is 29.9 Å². The third-order valence-corrected chi connectivity index (χ3v) is 7.94. The second kappa shape index (κ2) is 10.7. The van der Waals surface area contributed by atoms with Gasteiger partial charge >= 0.3 is 12.7 Å². The molecule has 3 heterocycles. The van der Waals surface area contributed by atoms with Crippen molar-refractivity contribution in [1.82, 2.24) is 24.8 Å². The van der Waals surface area contributed by atoms with Crippen molar-refractivity contribution in [3.8, 4) is 16.9 Å². The first-order valence-corrected chi connectivity index (χ1v) is 14.2. The van der Waals surface area contributed by atoms with E-state index in [1.54, 1.807) is 45.3 Å². The predicted octanol–water partition coefficient (Wildman–Crippen LogP) is 7.15. The number of aromatic nitrogens is 4. The number of ether oxygens (including phenoxy) is 2. The van der Waals surface area contributed by atoms with Crippen LogP contribution in [0.2, 0.25) is 0 Å². The lowest BCUT2D eigenvalue weighted by Crippen LogP contribution is -2.53. The highest BCUT2D eigenvalue weighted by Crippen LogP contribution is 2.40. The molecule has 224 valence electrons. The van der Waals surface area contributed by atoms with E-state index in [1.165, 1.54) is 12.1 Å².